The van der Waals surface area contributed by atoms with Crippen molar-refractivity contribution in [3.63, 3.8) is 0 Å². The van der Waals surface area contributed by atoms with E-state index in [1.807, 2.05) is 26.2 Å². The summed E-state index contributed by atoms with van der Waals surface area (Å²) in [6.07, 6.45) is 1.29. The maximum Gasteiger partial charge on any atom is 0.247 e. The van der Waals surface area contributed by atoms with Gasteiger partial charge in [0.25, 0.3) is 0 Å². The monoisotopic (exact) mass is 289 g/mol. The first-order chi connectivity index (χ1) is 9.74. The molecule has 1 aromatic rings. The van der Waals surface area contributed by atoms with Crippen molar-refractivity contribution in [1.29, 1.82) is 0 Å². The van der Waals surface area contributed by atoms with Gasteiger partial charge in [0.15, 0.2) is 0 Å². The van der Waals surface area contributed by atoms with E-state index >= 15 is 0 Å². The van der Waals surface area contributed by atoms with E-state index in [0.717, 1.165) is 24.5 Å². The molecule has 0 bridgehead atoms. The fourth-order valence-electron chi connectivity index (χ4n) is 1.87. The van der Waals surface area contributed by atoms with Gasteiger partial charge in [0, 0.05) is 13.1 Å². The van der Waals surface area contributed by atoms with Gasteiger partial charge in [0.1, 0.15) is 0 Å². The number of carbonyl (C=O) groups excluding carboxylic acids is 1. The van der Waals surface area contributed by atoms with Gasteiger partial charge in [-0.2, -0.15) is 0 Å². The topological polar surface area (TPSA) is 44.4 Å². The lowest BCUT2D eigenvalue weighted by Crippen LogP contribution is -2.22. The van der Waals surface area contributed by atoms with Crippen LogP contribution >= 0.6 is 0 Å². The van der Waals surface area contributed by atoms with Crippen LogP contribution in [-0.2, 0) is 10.2 Å². The number of benzene rings is 1. The highest BCUT2D eigenvalue weighted by atomic mass is 16.1. The number of carbonyl (C=O) groups is 1. The third-order valence-corrected chi connectivity index (χ3v) is 3.20. The third kappa shape index (κ3) is 5.60. The molecular formula is C17H27N3O. The second-order valence-corrected chi connectivity index (χ2v) is 6.43. The van der Waals surface area contributed by atoms with Gasteiger partial charge in [0.2, 0.25) is 5.91 Å². The maximum atomic E-state index is 11.6. The molecule has 4 nitrogen and oxygen atoms in total. The molecule has 2 N–H and O–H groups in total. The van der Waals surface area contributed by atoms with Crippen molar-refractivity contribution in [2.45, 2.75) is 26.2 Å². The Morgan fingerprint density at radius 3 is 2.48 bits per heavy atom. The van der Waals surface area contributed by atoms with Crippen LogP contribution in [0.15, 0.2) is 30.9 Å². The van der Waals surface area contributed by atoms with Crippen molar-refractivity contribution in [3.05, 3.63) is 36.4 Å². The first-order valence-corrected chi connectivity index (χ1v) is 7.20. The van der Waals surface area contributed by atoms with E-state index in [2.05, 4.69) is 49.0 Å². The Kier molecular flexibility index (Phi) is 5.97. The highest BCUT2D eigenvalue weighted by Crippen LogP contribution is 2.30. The number of amides is 1. The Morgan fingerprint density at radius 2 is 1.95 bits per heavy atom. The molecular weight excluding hydrogens is 262 g/mol. The average Bonchev–Trinajstić information content (AvgIpc) is 2.38. The van der Waals surface area contributed by atoms with E-state index in [0.29, 0.717) is 0 Å². The molecule has 0 spiro atoms. The van der Waals surface area contributed by atoms with Crippen LogP contribution in [-0.4, -0.2) is 38.0 Å². The van der Waals surface area contributed by atoms with Crippen LogP contribution in [0.2, 0.25) is 0 Å². The van der Waals surface area contributed by atoms with Gasteiger partial charge in [0.05, 0.1) is 11.4 Å². The Morgan fingerprint density at radius 1 is 1.29 bits per heavy atom. The molecule has 1 amide bonds. The molecule has 0 saturated heterocycles. The van der Waals surface area contributed by atoms with Crippen LogP contribution in [0, 0.1) is 0 Å². The second-order valence-electron chi connectivity index (χ2n) is 6.43. The van der Waals surface area contributed by atoms with Crippen LogP contribution in [0.4, 0.5) is 11.4 Å². The van der Waals surface area contributed by atoms with Crippen LogP contribution in [0.1, 0.15) is 26.3 Å². The van der Waals surface area contributed by atoms with E-state index in [9.17, 15) is 4.79 Å². The predicted molar refractivity (Wildman–Crippen MR) is 91.0 cm³/mol. The lowest BCUT2D eigenvalue weighted by Gasteiger charge is -2.22. The van der Waals surface area contributed by atoms with E-state index in [4.69, 9.17) is 0 Å². The Hall–Kier alpha value is -1.81. The minimum Gasteiger partial charge on any atom is -0.382 e. The van der Waals surface area contributed by atoms with E-state index in [1.165, 1.54) is 11.6 Å². The normalized spacial score (nSPS) is 11.3. The third-order valence-electron chi connectivity index (χ3n) is 3.20. The van der Waals surface area contributed by atoms with Crippen LogP contribution in [0.3, 0.4) is 0 Å². The minimum absolute atomic E-state index is 0.0375. The van der Waals surface area contributed by atoms with Crippen molar-refractivity contribution in [3.8, 4) is 0 Å². The molecule has 0 aromatic heterocycles. The van der Waals surface area contributed by atoms with Gasteiger partial charge in [-0.25, -0.2) is 0 Å². The van der Waals surface area contributed by atoms with Crippen molar-refractivity contribution >= 4 is 17.3 Å². The zero-order valence-corrected chi connectivity index (χ0v) is 13.8. The second kappa shape index (κ2) is 7.27. The van der Waals surface area contributed by atoms with Gasteiger partial charge in [-0.1, -0.05) is 33.4 Å². The number of nitrogens with one attached hydrogen (secondary N) is 2. The summed E-state index contributed by atoms with van der Waals surface area (Å²) in [6, 6.07) is 6.15. The average molecular weight is 289 g/mol. The van der Waals surface area contributed by atoms with E-state index in [1.54, 1.807) is 0 Å². The van der Waals surface area contributed by atoms with E-state index < -0.39 is 0 Å². The van der Waals surface area contributed by atoms with Crippen LogP contribution in [0.25, 0.3) is 0 Å². The van der Waals surface area contributed by atoms with Crippen LogP contribution < -0.4 is 10.6 Å². The number of hydrogen-bond donors (Lipinski definition) is 2. The molecule has 0 heterocycles. The first-order valence-electron chi connectivity index (χ1n) is 7.20. The molecule has 4 heteroatoms. The summed E-state index contributed by atoms with van der Waals surface area (Å²) < 4.78 is 0. The van der Waals surface area contributed by atoms with Crippen molar-refractivity contribution < 1.29 is 4.79 Å². The van der Waals surface area contributed by atoms with Gasteiger partial charge >= 0.3 is 0 Å². The summed E-state index contributed by atoms with van der Waals surface area (Å²) in [7, 11) is 4.07. The molecule has 116 valence electrons. The molecule has 0 aliphatic heterocycles. The quantitative estimate of drug-likeness (QED) is 0.791. The zero-order valence-electron chi connectivity index (χ0n) is 13.8. The molecule has 0 unspecified atom stereocenters. The highest BCUT2D eigenvalue weighted by molar-refractivity contribution is 6.01. The maximum absolute atomic E-state index is 11.6. The van der Waals surface area contributed by atoms with Gasteiger partial charge in [-0.3, -0.25) is 4.79 Å². The fourth-order valence-corrected chi connectivity index (χ4v) is 1.87. The first kappa shape index (κ1) is 17.2. The highest BCUT2D eigenvalue weighted by Gasteiger charge is 2.16. The molecule has 1 aromatic carbocycles. The molecule has 0 fully saturated rings. The Bertz CT molecular complexity index is 501. The largest absolute Gasteiger partial charge is 0.382 e. The summed E-state index contributed by atoms with van der Waals surface area (Å²) in [5.41, 5.74) is 2.95. The molecule has 21 heavy (non-hydrogen) atoms. The summed E-state index contributed by atoms with van der Waals surface area (Å²) >= 11 is 0. The zero-order chi connectivity index (χ0) is 16.0. The van der Waals surface area contributed by atoms with Gasteiger partial charge in [-0.15, -0.1) is 0 Å². The standard InChI is InChI=1S/C17H27N3O/c1-7-16(21)19-15-12-13(17(2,3)4)8-9-14(15)18-10-11-20(5)6/h7-9,12,18H,1,10-11H2,2-6H3,(H,19,21). The molecule has 0 aliphatic carbocycles. The number of likely N-dealkylation sites (N-methyl/N-ethyl adjacent to an activating group) is 1. The number of hydrogen-bond acceptors (Lipinski definition) is 3. The van der Waals surface area contributed by atoms with Gasteiger partial charge in [-0.05, 0) is 43.3 Å². The Balaban J connectivity index is 2.99. The number of nitrogens with zero attached hydrogens (tertiary/aromatic N) is 1. The number of anilines is 2. The molecule has 0 saturated carbocycles. The Labute approximate surface area is 128 Å². The minimum atomic E-state index is -0.197. The fraction of sp³-hybridized carbons (Fsp3) is 0.471. The van der Waals surface area contributed by atoms with Gasteiger partial charge < -0.3 is 15.5 Å². The van der Waals surface area contributed by atoms with Crippen molar-refractivity contribution in [1.82, 2.24) is 4.90 Å². The lowest BCUT2D eigenvalue weighted by atomic mass is 9.86. The van der Waals surface area contributed by atoms with E-state index in [-0.39, 0.29) is 11.3 Å². The SMILES string of the molecule is C=CC(=O)Nc1cc(C(C)(C)C)ccc1NCCN(C)C. The van der Waals surface area contributed by atoms with Crippen LogP contribution in [0.5, 0.6) is 0 Å². The van der Waals surface area contributed by atoms with Crippen molar-refractivity contribution in [2.24, 2.45) is 0 Å². The predicted octanol–water partition coefficient (Wildman–Crippen LogP) is 3.08. The molecule has 0 atom stereocenters. The summed E-state index contributed by atoms with van der Waals surface area (Å²) in [6.45, 7) is 11.7. The molecule has 0 radical (unpaired) electrons. The lowest BCUT2D eigenvalue weighted by molar-refractivity contribution is -0.111. The number of rotatable bonds is 6. The molecule has 0 aliphatic rings. The summed E-state index contributed by atoms with van der Waals surface area (Å²) in [5, 5.41) is 6.24. The van der Waals surface area contributed by atoms with Crippen molar-refractivity contribution in [2.75, 3.05) is 37.8 Å². The summed E-state index contributed by atoms with van der Waals surface area (Å²) in [4.78, 5) is 13.7. The smallest absolute Gasteiger partial charge is 0.247 e. The molecule has 1 rings (SSSR count). The summed E-state index contributed by atoms with van der Waals surface area (Å²) in [5.74, 6) is -0.197.